The highest BCUT2D eigenvalue weighted by molar-refractivity contribution is 5.66. The minimum absolute atomic E-state index is 0.0201. The number of alkyl halides is 3. The number of hydrogen-bond acceptors (Lipinski definition) is 5. The summed E-state index contributed by atoms with van der Waals surface area (Å²) >= 11 is 0. The molecule has 0 radical (unpaired) electrons. The Kier molecular flexibility index (Phi) is 5.97. The van der Waals surface area contributed by atoms with Gasteiger partial charge in [-0.15, -0.1) is 0 Å². The van der Waals surface area contributed by atoms with Gasteiger partial charge in [-0.2, -0.15) is 18.3 Å². The monoisotopic (exact) mass is 402 g/mol. The van der Waals surface area contributed by atoms with E-state index in [-0.39, 0.29) is 11.4 Å². The molecular weight excluding hydrogens is 381 g/mol. The standard InChI is InChI=1S/C20H21F3N6/c1-3-6-16-12(2)18(29-28-16)26-17-11-13(9-10-24)25-19(27-17)14-7-4-5-8-15(14)20(21,22)23/h3-8,11H,9-10,24H2,1-2H3,(H2,25,26,27,28,29)/b6-3-. The summed E-state index contributed by atoms with van der Waals surface area (Å²) in [5.41, 5.74) is 6.98. The van der Waals surface area contributed by atoms with E-state index in [1.165, 1.54) is 18.2 Å². The molecule has 29 heavy (non-hydrogen) atoms. The summed E-state index contributed by atoms with van der Waals surface area (Å²) in [6, 6.07) is 6.90. The maximum atomic E-state index is 13.4. The predicted octanol–water partition coefficient (Wildman–Crippen LogP) is 4.47. The van der Waals surface area contributed by atoms with Gasteiger partial charge in [-0.3, -0.25) is 5.10 Å². The average Bonchev–Trinajstić information content (AvgIpc) is 3.01. The number of benzene rings is 1. The van der Waals surface area contributed by atoms with Crippen LogP contribution in [0.25, 0.3) is 17.5 Å². The lowest BCUT2D eigenvalue weighted by Crippen LogP contribution is -2.11. The number of H-pyrrole nitrogens is 1. The second-order valence-electron chi connectivity index (χ2n) is 6.39. The number of rotatable bonds is 6. The summed E-state index contributed by atoms with van der Waals surface area (Å²) in [7, 11) is 0. The molecule has 1 aromatic carbocycles. The van der Waals surface area contributed by atoms with Crippen molar-refractivity contribution in [3.63, 3.8) is 0 Å². The average molecular weight is 402 g/mol. The van der Waals surface area contributed by atoms with Crippen molar-refractivity contribution in [1.82, 2.24) is 20.2 Å². The molecule has 0 saturated carbocycles. The van der Waals surface area contributed by atoms with Crippen molar-refractivity contribution in [3.05, 3.63) is 58.9 Å². The number of halogens is 3. The zero-order chi connectivity index (χ0) is 21.0. The summed E-state index contributed by atoms with van der Waals surface area (Å²) in [6.45, 7) is 4.08. The molecule has 3 rings (SSSR count). The van der Waals surface area contributed by atoms with Crippen molar-refractivity contribution in [3.8, 4) is 11.4 Å². The van der Waals surface area contributed by atoms with Gasteiger partial charge in [0.2, 0.25) is 0 Å². The third-order valence-corrected chi connectivity index (χ3v) is 4.28. The summed E-state index contributed by atoms with van der Waals surface area (Å²) in [6.07, 6.45) is -0.363. The van der Waals surface area contributed by atoms with Gasteiger partial charge in [-0.1, -0.05) is 24.3 Å². The van der Waals surface area contributed by atoms with E-state index in [0.717, 1.165) is 17.3 Å². The minimum atomic E-state index is -4.52. The molecular formula is C20H21F3N6. The first-order chi connectivity index (χ1) is 13.8. The Balaban J connectivity index is 2.06. The Hall–Kier alpha value is -3.20. The lowest BCUT2D eigenvalue weighted by atomic mass is 10.1. The van der Waals surface area contributed by atoms with Gasteiger partial charge in [0.1, 0.15) is 5.82 Å². The van der Waals surface area contributed by atoms with Gasteiger partial charge in [-0.05, 0) is 32.5 Å². The van der Waals surface area contributed by atoms with Gasteiger partial charge in [0.05, 0.1) is 11.3 Å². The van der Waals surface area contributed by atoms with Crippen LogP contribution in [0.1, 0.15) is 29.4 Å². The summed E-state index contributed by atoms with van der Waals surface area (Å²) < 4.78 is 40.3. The van der Waals surface area contributed by atoms with Crippen molar-refractivity contribution in [2.75, 3.05) is 11.9 Å². The maximum absolute atomic E-state index is 13.4. The molecule has 0 amide bonds. The summed E-state index contributed by atoms with van der Waals surface area (Å²) in [5, 5.41) is 10.2. The lowest BCUT2D eigenvalue weighted by molar-refractivity contribution is -0.137. The van der Waals surface area contributed by atoms with Gasteiger partial charge in [0, 0.05) is 29.3 Å². The van der Waals surface area contributed by atoms with Crippen LogP contribution in [0.3, 0.4) is 0 Å². The van der Waals surface area contributed by atoms with E-state index in [1.807, 2.05) is 26.0 Å². The normalized spacial score (nSPS) is 11.9. The highest BCUT2D eigenvalue weighted by Crippen LogP contribution is 2.36. The molecule has 4 N–H and O–H groups in total. The fourth-order valence-electron chi connectivity index (χ4n) is 2.87. The SMILES string of the molecule is C/C=C\c1[nH]nc(Nc2cc(CCN)nc(-c3ccccc3C(F)(F)F)n2)c1C. The molecule has 0 unspecified atom stereocenters. The molecule has 2 heterocycles. The molecule has 0 bridgehead atoms. The van der Waals surface area contributed by atoms with Gasteiger partial charge < -0.3 is 11.1 Å². The molecule has 9 heteroatoms. The Labute approximate surface area is 166 Å². The van der Waals surface area contributed by atoms with E-state index < -0.39 is 11.7 Å². The van der Waals surface area contributed by atoms with Crippen LogP contribution in [-0.2, 0) is 12.6 Å². The number of allylic oxidation sites excluding steroid dienone is 1. The number of nitrogens with two attached hydrogens (primary N) is 1. The smallest absolute Gasteiger partial charge is 0.330 e. The third kappa shape index (κ3) is 4.62. The Morgan fingerprint density at radius 3 is 2.66 bits per heavy atom. The molecule has 6 nitrogen and oxygen atoms in total. The molecule has 0 spiro atoms. The number of hydrogen-bond donors (Lipinski definition) is 3. The van der Waals surface area contributed by atoms with Crippen LogP contribution in [0, 0.1) is 6.92 Å². The quantitative estimate of drug-likeness (QED) is 0.566. The van der Waals surface area contributed by atoms with Crippen LogP contribution in [-0.4, -0.2) is 26.7 Å². The maximum Gasteiger partial charge on any atom is 0.417 e. The van der Waals surface area contributed by atoms with Crippen LogP contribution in [0.2, 0.25) is 0 Å². The fourth-order valence-corrected chi connectivity index (χ4v) is 2.87. The van der Waals surface area contributed by atoms with Crippen LogP contribution in [0.15, 0.2) is 36.4 Å². The van der Waals surface area contributed by atoms with E-state index in [2.05, 4.69) is 25.5 Å². The minimum Gasteiger partial charge on any atom is -0.330 e. The Morgan fingerprint density at radius 1 is 1.21 bits per heavy atom. The third-order valence-electron chi connectivity index (χ3n) is 4.28. The van der Waals surface area contributed by atoms with E-state index in [9.17, 15) is 13.2 Å². The number of aromatic amines is 1. The van der Waals surface area contributed by atoms with Crippen LogP contribution in [0.4, 0.5) is 24.8 Å². The largest absolute Gasteiger partial charge is 0.417 e. The van der Waals surface area contributed by atoms with Gasteiger partial charge in [0.25, 0.3) is 0 Å². The summed E-state index contributed by atoms with van der Waals surface area (Å²) in [5.74, 6) is 0.857. The van der Waals surface area contributed by atoms with Crippen LogP contribution >= 0.6 is 0 Å². The molecule has 0 aliphatic rings. The second-order valence-corrected chi connectivity index (χ2v) is 6.39. The highest BCUT2D eigenvalue weighted by Gasteiger charge is 2.34. The topological polar surface area (TPSA) is 92.5 Å². The number of nitrogens with zero attached hydrogens (tertiary/aromatic N) is 3. The fraction of sp³-hybridized carbons (Fsp3) is 0.250. The highest BCUT2D eigenvalue weighted by atomic mass is 19.4. The van der Waals surface area contributed by atoms with Gasteiger partial charge in [0.15, 0.2) is 11.6 Å². The first-order valence-electron chi connectivity index (χ1n) is 9.02. The molecule has 0 atom stereocenters. The van der Waals surface area contributed by atoms with Crippen LogP contribution < -0.4 is 11.1 Å². The van der Waals surface area contributed by atoms with Crippen molar-refractivity contribution >= 4 is 17.7 Å². The Morgan fingerprint density at radius 2 is 1.97 bits per heavy atom. The zero-order valence-corrected chi connectivity index (χ0v) is 16.0. The molecule has 0 fully saturated rings. The van der Waals surface area contributed by atoms with Crippen molar-refractivity contribution in [2.24, 2.45) is 5.73 Å². The van der Waals surface area contributed by atoms with Gasteiger partial charge in [-0.25, -0.2) is 9.97 Å². The Bertz CT molecular complexity index is 1020. The number of aromatic nitrogens is 4. The van der Waals surface area contributed by atoms with E-state index in [4.69, 9.17) is 5.73 Å². The van der Waals surface area contributed by atoms with Gasteiger partial charge >= 0.3 is 6.18 Å². The van der Waals surface area contributed by atoms with Crippen molar-refractivity contribution < 1.29 is 13.2 Å². The first kappa shape index (κ1) is 20.5. The number of anilines is 2. The first-order valence-corrected chi connectivity index (χ1v) is 9.02. The lowest BCUT2D eigenvalue weighted by Gasteiger charge is -2.14. The zero-order valence-electron chi connectivity index (χ0n) is 16.0. The molecule has 3 aromatic rings. The van der Waals surface area contributed by atoms with E-state index in [1.54, 1.807) is 6.07 Å². The molecule has 0 aliphatic heterocycles. The van der Waals surface area contributed by atoms with Crippen LogP contribution in [0.5, 0.6) is 0 Å². The molecule has 0 saturated heterocycles. The van der Waals surface area contributed by atoms with E-state index >= 15 is 0 Å². The summed E-state index contributed by atoms with van der Waals surface area (Å²) in [4.78, 5) is 8.61. The second kappa shape index (κ2) is 8.44. The predicted molar refractivity (Wildman–Crippen MR) is 107 cm³/mol. The number of nitrogens with one attached hydrogen (secondary N) is 2. The van der Waals surface area contributed by atoms with Crippen molar-refractivity contribution in [1.29, 1.82) is 0 Å². The van der Waals surface area contributed by atoms with Crippen molar-refractivity contribution in [2.45, 2.75) is 26.4 Å². The molecule has 152 valence electrons. The van der Waals surface area contributed by atoms with E-state index in [0.29, 0.717) is 30.3 Å². The molecule has 0 aliphatic carbocycles. The molecule has 2 aromatic heterocycles.